The van der Waals surface area contributed by atoms with Crippen molar-refractivity contribution in [1.29, 1.82) is 0 Å². The average Bonchev–Trinajstić information content (AvgIpc) is 2.28. The minimum Gasteiger partial charge on any atom is -0.480 e. The zero-order chi connectivity index (χ0) is 13.9. The lowest BCUT2D eigenvalue weighted by Gasteiger charge is -2.11. The number of rotatable bonds is 5. The van der Waals surface area contributed by atoms with Gasteiger partial charge in [0, 0.05) is 0 Å². The van der Waals surface area contributed by atoms with Crippen LogP contribution in [0.4, 0.5) is 0 Å². The summed E-state index contributed by atoms with van der Waals surface area (Å²) in [6.45, 7) is 5.30. The molecule has 100 valence electrons. The largest absolute Gasteiger partial charge is 0.480 e. The topological polar surface area (TPSA) is 83.5 Å². The third kappa shape index (κ3) is 3.54. The summed E-state index contributed by atoms with van der Waals surface area (Å²) in [5.74, 6) is -0.898. The van der Waals surface area contributed by atoms with Gasteiger partial charge < -0.3 is 5.11 Å². The second-order valence-electron chi connectivity index (χ2n) is 4.40. The Morgan fingerprint density at radius 2 is 1.67 bits per heavy atom. The van der Waals surface area contributed by atoms with Crippen LogP contribution in [0.5, 0.6) is 0 Å². The van der Waals surface area contributed by atoms with E-state index in [4.69, 9.17) is 5.11 Å². The maximum atomic E-state index is 11.9. The number of carboxylic acid groups (broad SMARTS) is 1. The van der Waals surface area contributed by atoms with Gasteiger partial charge in [-0.3, -0.25) is 4.79 Å². The third-order valence-electron chi connectivity index (χ3n) is 2.56. The van der Waals surface area contributed by atoms with E-state index in [-0.39, 0.29) is 4.90 Å². The van der Waals surface area contributed by atoms with Crippen LogP contribution >= 0.6 is 0 Å². The highest BCUT2D eigenvalue weighted by molar-refractivity contribution is 7.89. The van der Waals surface area contributed by atoms with Crippen LogP contribution in [0.2, 0.25) is 0 Å². The van der Waals surface area contributed by atoms with Crippen molar-refractivity contribution in [2.24, 2.45) is 0 Å². The molecule has 0 unspecified atom stereocenters. The molecule has 0 aliphatic heterocycles. The number of hydrogen-bond donors (Lipinski definition) is 2. The number of aliphatic carboxylic acids is 1. The van der Waals surface area contributed by atoms with Crippen molar-refractivity contribution >= 4 is 16.0 Å². The molecule has 0 saturated carbocycles. The lowest BCUT2D eigenvalue weighted by atomic mass is 10.0. The van der Waals surface area contributed by atoms with E-state index in [1.165, 1.54) is 19.1 Å². The van der Waals surface area contributed by atoms with E-state index in [1.54, 1.807) is 12.1 Å². The molecule has 0 aliphatic carbocycles. The molecule has 0 heterocycles. The van der Waals surface area contributed by atoms with Gasteiger partial charge in [-0.15, -0.1) is 0 Å². The maximum Gasteiger partial charge on any atom is 0.321 e. The molecular weight excluding hydrogens is 254 g/mol. The average molecular weight is 271 g/mol. The highest BCUT2D eigenvalue weighted by Crippen LogP contribution is 2.17. The fourth-order valence-corrected chi connectivity index (χ4v) is 2.58. The van der Waals surface area contributed by atoms with E-state index in [2.05, 4.69) is 4.72 Å². The van der Waals surface area contributed by atoms with Crippen LogP contribution in [-0.4, -0.2) is 25.5 Å². The third-order valence-corrected chi connectivity index (χ3v) is 4.12. The highest BCUT2D eigenvalue weighted by atomic mass is 32.2. The quantitative estimate of drug-likeness (QED) is 0.851. The molecule has 0 bridgehead atoms. The van der Waals surface area contributed by atoms with Gasteiger partial charge in [-0.1, -0.05) is 26.0 Å². The first-order valence-corrected chi connectivity index (χ1v) is 7.07. The van der Waals surface area contributed by atoms with Crippen molar-refractivity contribution in [3.63, 3.8) is 0 Å². The molecule has 0 saturated heterocycles. The van der Waals surface area contributed by atoms with Gasteiger partial charge in [-0.05, 0) is 30.5 Å². The van der Waals surface area contributed by atoms with E-state index in [0.29, 0.717) is 5.92 Å². The fraction of sp³-hybridized carbons (Fsp3) is 0.417. The van der Waals surface area contributed by atoms with Crippen molar-refractivity contribution in [3.8, 4) is 0 Å². The monoisotopic (exact) mass is 271 g/mol. The van der Waals surface area contributed by atoms with Gasteiger partial charge in [-0.25, -0.2) is 8.42 Å². The first kappa shape index (κ1) is 14.7. The lowest BCUT2D eigenvalue weighted by molar-refractivity contribution is -0.138. The molecule has 1 atom stereocenters. The molecule has 5 nitrogen and oxygen atoms in total. The van der Waals surface area contributed by atoms with Gasteiger partial charge >= 0.3 is 5.97 Å². The number of carboxylic acids is 1. The number of hydrogen-bond acceptors (Lipinski definition) is 3. The summed E-state index contributed by atoms with van der Waals surface area (Å²) in [4.78, 5) is 10.7. The van der Waals surface area contributed by atoms with Gasteiger partial charge in [0.1, 0.15) is 6.04 Å². The van der Waals surface area contributed by atoms with Crippen molar-refractivity contribution in [3.05, 3.63) is 29.8 Å². The summed E-state index contributed by atoms with van der Waals surface area (Å²) in [5.41, 5.74) is 1.03. The maximum absolute atomic E-state index is 11.9. The fourth-order valence-electron chi connectivity index (χ4n) is 1.38. The minimum atomic E-state index is -3.78. The summed E-state index contributed by atoms with van der Waals surface area (Å²) in [6.07, 6.45) is 0. The van der Waals surface area contributed by atoms with Gasteiger partial charge in [-0.2, -0.15) is 4.72 Å². The molecule has 1 aromatic carbocycles. The molecule has 2 N–H and O–H groups in total. The second-order valence-corrected chi connectivity index (χ2v) is 6.12. The van der Waals surface area contributed by atoms with Crippen LogP contribution < -0.4 is 4.72 Å². The van der Waals surface area contributed by atoms with Gasteiger partial charge in [0.25, 0.3) is 0 Å². The van der Waals surface area contributed by atoms with Crippen molar-refractivity contribution < 1.29 is 18.3 Å². The molecular formula is C12H17NO4S. The van der Waals surface area contributed by atoms with Crippen molar-refractivity contribution in [2.45, 2.75) is 37.6 Å². The van der Waals surface area contributed by atoms with Gasteiger partial charge in [0.2, 0.25) is 10.0 Å². The highest BCUT2D eigenvalue weighted by Gasteiger charge is 2.21. The smallest absolute Gasteiger partial charge is 0.321 e. The first-order chi connectivity index (χ1) is 8.24. The Morgan fingerprint density at radius 1 is 1.17 bits per heavy atom. The number of sulfonamides is 1. The van der Waals surface area contributed by atoms with Gasteiger partial charge in [0.15, 0.2) is 0 Å². The van der Waals surface area contributed by atoms with E-state index < -0.39 is 22.0 Å². The second kappa shape index (κ2) is 5.49. The zero-order valence-corrected chi connectivity index (χ0v) is 11.4. The molecule has 0 spiro atoms. The summed E-state index contributed by atoms with van der Waals surface area (Å²) < 4.78 is 25.8. The normalized spacial score (nSPS) is 13.6. The molecule has 18 heavy (non-hydrogen) atoms. The summed E-state index contributed by atoms with van der Waals surface area (Å²) in [5, 5.41) is 8.68. The Balaban J connectivity index is 2.95. The Kier molecular flexibility index (Phi) is 4.48. The molecule has 0 aromatic heterocycles. The molecule has 0 radical (unpaired) electrons. The zero-order valence-electron chi connectivity index (χ0n) is 10.5. The Labute approximate surface area is 107 Å². The minimum absolute atomic E-state index is 0.0694. The predicted octanol–water partition coefficient (Wildman–Crippen LogP) is 1.56. The summed E-state index contributed by atoms with van der Waals surface area (Å²) in [6, 6.07) is 5.26. The number of nitrogens with one attached hydrogen (secondary N) is 1. The standard InChI is InChI=1S/C12H17NO4S/c1-8(2)10-4-6-11(7-5-10)18(16,17)13-9(3)12(14)15/h4-9,13H,1-3H3,(H,14,15)/t9-/m1/s1. The molecule has 0 amide bonds. The molecule has 1 rings (SSSR count). The number of carbonyl (C=O) groups is 1. The predicted molar refractivity (Wildman–Crippen MR) is 68.0 cm³/mol. The molecule has 1 aromatic rings. The number of benzene rings is 1. The van der Waals surface area contributed by atoms with Crippen LogP contribution in [0, 0.1) is 0 Å². The summed E-state index contributed by atoms with van der Waals surface area (Å²) >= 11 is 0. The first-order valence-electron chi connectivity index (χ1n) is 5.59. The van der Waals surface area contributed by atoms with E-state index >= 15 is 0 Å². The Bertz CT molecular complexity index is 520. The van der Waals surface area contributed by atoms with E-state index in [0.717, 1.165) is 5.56 Å². The Hall–Kier alpha value is -1.40. The van der Waals surface area contributed by atoms with Crippen LogP contribution in [0.1, 0.15) is 32.3 Å². The molecule has 6 heteroatoms. The Morgan fingerprint density at radius 3 is 2.06 bits per heavy atom. The SMILES string of the molecule is CC(C)c1ccc(S(=O)(=O)N[C@H](C)C(=O)O)cc1. The van der Waals surface area contributed by atoms with Crippen molar-refractivity contribution in [1.82, 2.24) is 4.72 Å². The summed E-state index contributed by atoms with van der Waals surface area (Å²) in [7, 11) is -3.78. The van der Waals surface area contributed by atoms with Crippen LogP contribution in [-0.2, 0) is 14.8 Å². The van der Waals surface area contributed by atoms with Crippen molar-refractivity contribution in [2.75, 3.05) is 0 Å². The van der Waals surface area contributed by atoms with Crippen LogP contribution in [0.3, 0.4) is 0 Å². The van der Waals surface area contributed by atoms with Crippen LogP contribution in [0.15, 0.2) is 29.2 Å². The van der Waals surface area contributed by atoms with Gasteiger partial charge in [0.05, 0.1) is 4.90 Å². The lowest BCUT2D eigenvalue weighted by Crippen LogP contribution is -2.38. The molecule has 0 aliphatic rings. The molecule has 0 fully saturated rings. The van der Waals surface area contributed by atoms with E-state index in [9.17, 15) is 13.2 Å². The van der Waals surface area contributed by atoms with E-state index in [1.807, 2.05) is 13.8 Å². The van der Waals surface area contributed by atoms with Crippen LogP contribution in [0.25, 0.3) is 0 Å².